The third-order valence-corrected chi connectivity index (χ3v) is 4.80. The van der Waals surface area contributed by atoms with Gasteiger partial charge in [0.15, 0.2) is 6.61 Å². The standard InChI is InChI=1S/C22H23N3O3S/c1-16(2)23-20(26)15-28-21(27)11-10-18-14-25(13-17-7-4-3-5-8-17)24-22(18)19-9-6-12-29-19/h3-12,14,16H,13,15H2,1-2H3,(H,23,26)/b11-10+. The van der Waals surface area contributed by atoms with Gasteiger partial charge in [-0.1, -0.05) is 36.4 Å². The van der Waals surface area contributed by atoms with E-state index in [9.17, 15) is 9.59 Å². The van der Waals surface area contributed by atoms with Gasteiger partial charge in [0, 0.05) is 23.9 Å². The molecule has 29 heavy (non-hydrogen) atoms. The monoisotopic (exact) mass is 409 g/mol. The predicted molar refractivity (Wildman–Crippen MR) is 114 cm³/mol. The van der Waals surface area contributed by atoms with E-state index in [0.29, 0.717) is 6.54 Å². The first-order valence-corrected chi connectivity index (χ1v) is 10.2. The van der Waals surface area contributed by atoms with Crippen LogP contribution < -0.4 is 5.32 Å². The fourth-order valence-corrected chi connectivity index (χ4v) is 3.45. The summed E-state index contributed by atoms with van der Waals surface area (Å²) in [6.45, 7) is 4.02. The number of rotatable bonds is 8. The molecule has 3 aromatic rings. The molecule has 1 amide bonds. The lowest BCUT2D eigenvalue weighted by Crippen LogP contribution is -2.33. The van der Waals surface area contributed by atoms with Gasteiger partial charge in [0.2, 0.25) is 0 Å². The lowest BCUT2D eigenvalue weighted by Gasteiger charge is -2.07. The molecule has 0 bridgehead atoms. The van der Waals surface area contributed by atoms with Crippen LogP contribution in [0.25, 0.3) is 16.6 Å². The van der Waals surface area contributed by atoms with Crippen LogP contribution in [0.3, 0.4) is 0 Å². The third-order valence-electron chi connectivity index (χ3n) is 3.93. The van der Waals surface area contributed by atoms with E-state index in [1.165, 1.54) is 6.08 Å². The van der Waals surface area contributed by atoms with Crippen molar-refractivity contribution in [1.82, 2.24) is 15.1 Å². The van der Waals surface area contributed by atoms with Crippen molar-refractivity contribution in [1.29, 1.82) is 0 Å². The van der Waals surface area contributed by atoms with Gasteiger partial charge in [-0.3, -0.25) is 9.48 Å². The van der Waals surface area contributed by atoms with Crippen molar-refractivity contribution in [3.63, 3.8) is 0 Å². The fourth-order valence-electron chi connectivity index (χ4n) is 2.72. The molecule has 2 aromatic heterocycles. The van der Waals surface area contributed by atoms with Crippen LogP contribution in [0.15, 0.2) is 60.1 Å². The van der Waals surface area contributed by atoms with Crippen LogP contribution in [0, 0.1) is 0 Å². The van der Waals surface area contributed by atoms with E-state index in [1.807, 2.05) is 72.6 Å². The number of esters is 1. The van der Waals surface area contributed by atoms with Crippen molar-refractivity contribution in [2.24, 2.45) is 0 Å². The van der Waals surface area contributed by atoms with Crippen LogP contribution >= 0.6 is 11.3 Å². The molecule has 2 heterocycles. The molecule has 0 radical (unpaired) electrons. The van der Waals surface area contributed by atoms with Crippen LogP contribution in [0.4, 0.5) is 0 Å². The zero-order valence-corrected chi connectivity index (χ0v) is 17.2. The molecular weight excluding hydrogens is 386 g/mol. The molecule has 7 heteroatoms. The molecule has 3 rings (SSSR count). The number of benzene rings is 1. The summed E-state index contributed by atoms with van der Waals surface area (Å²) in [6, 6.07) is 14.0. The Balaban J connectivity index is 1.72. The molecule has 150 valence electrons. The lowest BCUT2D eigenvalue weighted by atomic mass is 10.2. The minimum Gasteiger partial charge on any atom is -0.452 e. The van der Waals surface area contributed by atoms with Gasteiger partial charge in [0.25, 0.3) is 5.91 Å². The van der Waals surface area contributed by atoms with Crippen molar-refractivity contribution in [2.75, 3.05) is 6.61 Å². The van der Waals surface area contributed by atoms with Crippen LogP contribution in [-0.4, -0.2) is 34.3 Å². The van der Waals surface area contributed by atoms with Gasteiger partial charge in [-0.25, -0.2) is 4.79 Å². The Labute approximate surface area is 173 Å². The van der Waals surface area contributed by atoms with Crippen molar-refractivity contribution >= 4 is 29.3 Å². The SMILES string of the molecule is CC(C)NC(=O)COC(=O)/C=C/c1cn(Cc2ccccc2)nc1-c1cccs1. The fraction of sp³-hybridized carbons (Fsp3) is 0.227. The number of nitrogens with zero attached hydrogens (tertiary/aromatic N) is 2. The first-order chi connectivity index (χ1) is 14.0. The Morgan fingerprint density at radius 1 is 1.21 bits per heavy atom. The van der Waals surface area contributed by atoms with Crippen molar-refractivity contribution in [3.8, 4) is 10.6 Å². The van der Waals surface area contributed by atoms with E-state index in [1.54, 1.807) is 17.4 Å². The van der Waals surface area contributed by atoms with Gasteiger partial charge < -0.3 is 10.1 Å². The second-order valence-corrected chi connectivity index (χ2v) is 7.70. The zero-order valence-electron chi connectivity index (χ0n) is 16.4. The molecule has 0 saturated carbocycles. The minimum atomic E-state index is -0.572. The summed E-state index contributed by atoms with van der Waals surface area (Å²) in [7, 11) is 0. The van der Waals surface area contributed by atoms with E-state index >= 15 is 0 Å². The molecule has 0 atom stereocenters. The van der Waals surface area contributed by atoms with Gasteiger partial charge in [0.1, 0.15) is 5.69 Å². The molecule has 0 saturated heterocycles. The molecule has 0 aliphatic rings. The van der Waals surface area contributed by atoms with E-state index in [4.69, 9.17) is 9.84 Å². The Hall–Kier alpha value is -3.19. The molecule has 1 aromatic carbocycles. The second kappa shape index (κ2) is 9.84. The van der Waals surface area contributed by atoms with E-state index < -0.39 is 5.97 Å². The van der Waals surface area contributed by atoms with Crippen LogP contribution in [0.2, 0.25) is 0 Å². The van der Waals surface area contributed by atoms with Gasteiger partial charge in [-0.2, -0.15) is 5.10 Å². The van der Waals surface area contributed by atoms with E-state index in [2.05, 4.69) is 5.32 Å². The second-order valence-electron chi connectivity index (χ2n) is 6.76. The lowest BCUT2D eigenvalue weighted by molar-refractivity contribution is -0.143. The number of hydrogen-bond donors (Lipinski definition) is 1. The predicted octanol–water partition coefficient (Wildman–Crippen LogP) is 3.74. The topological polar surface area (TPSA) is 73.2 Å². The molecule has 0 spiro atoms. The average Bonchev–Trinajstić information content (AvgIpc) is 3.34. The van der Waals surface area contributed by atoms with Crippen molar-refractivity contribution < 1.29 is 14.3 Å². The first-order valence-electron chi connectivity index (χ1n) is 9.30. The molecule has 0 aliphatic heterocycles. The van der Waals surface area contributed by atoms with Crippen molar-refractivity contribution in [2.45, 2.75) is 26.4 Å². The number of aromatic nitrogens is 2. The van der Waals surface area contributed by atoms with E-state index in [-0.39, 0.29) is 18.6 Å². The maximum absolute atomic E-state index is 12.0. The molecule has 6 nitrogen and oxygen atoms in total. The number of ether oxygens (including phenoxy) is 1. The summed E-state index contributed by atoms with van der Waals surface area (Å²) in [6.07, 6.45) is 4.90. The summed E-state index contributed by atoms with van der Waals surface area (Å²) in [5.41, 5.74) is 2.75. The molecule has 1 N–H and O–H groups in total. The van der Waals surface area contributed by atoms with Crippen molar-refractivity contribution in [3.05, 3.63) is 71.2 Å². The largest absolute Gasteiger partial charge is 0.452 e. The number of carbonyl (C=O) groups excluding carboxylic acids is 2. The van der Waals surface area contributed by atoms with E-state index in [0.717, 1.165) is 21.7 Å². The summed E-state index contributed by atoms with van der Waals surface area (Å²) in [5.74, 6) is -0.895. The van der Waals surface area contributed by atoms with Gasteiger partial charge in [0.05, 0.1) is 11.4 Å². The molecule has 0 unspecified atom stereocenters. The zero-order chi connectivity index (χ0) is 20.6. The molecule has 0 aliphatic carbocycles. The number of nitrogens with one attached hydrogen (secondary N) is 1. The quantitative estimate of drug-likeness (QED) is 0.454. The normalized spacial score (nSPS) is 11.1. The Kier molecular flexibility index (Phi) is 6.97. The van der Waals surface area contributed by atoms with Crippen LogP contribution in [0.5, 0.6) is 0 Å². The first kappa shape index (κ1) is 20.5. The number of amides is 1. The number of thiophene rings is 1. The number of hydrogen-bond acceptors (Lipinski definition) is 5. The summed E-state index contributed by atoms with van der Waals surface area (Å²) in [5, 5.41) is 9.35. The van der Waals surface area contributed by atoms with Crippen LogP contribution in [-0.2, 0) is 20.9 Å². The summed E-state index contributed by atoms with van der Waals surface area (Å²) in [4.78, 5) is 24.6. The van der Waals surface area contributed by atoms with Gasteiger partial charge in [-0.05, 0) is 36.9 Å². The van der Waals surface area contributed by atoms with Gasteiger partial charge >= 0.3 is 5.97 Å². The van der Waals surface area contributed by atoms with Gasteiger partial charge in [-0.15, -0.1) is 11.3 Å². The highest BCUT2D eigenvalue weighted by Gasteiger charge is 2.12. The summed E-state index contributed by atoms with van der Waals surface area (Å²) < 4.78 is 6.85. The maximum Gasteiger partial charge on any atom is 0.331 e. The summed E-state index contributed by atoms with van der Waals surface area (Å²) >= 11 is 1.59. The average molecular weight is 410 g/mol. The Morgan fingerprint density at radius 3 is 2.69 bits per heavy atom. The maximum atomic E-state index is 12.0. The molecule has 0 fully saturated rings. The Bertz CT molecular complexity index is 976. The highest BCUT2D eigenvalue weighted by Crippen LogP contribution is 2.27. The third kappa shape index (κ3) is 6.15. The number of carbonyl (C=O) groups is 2. The Morgan fingerprint density at radius 2 is 2.00 bits per heavy atom. The highest BCUT2D eigenvalue weighted by molar-refractivity contribution is 7.13. The van der Waals surface area contributed by atoms with Crippen LogP contribution in [0.1, 0.15) is 25.0 Å². The minimum absolute atomic E-state index is 0.000511. The smallest absolute Gasteiger partial charge is 0.331 e. The highest BCUT2D eigenvalue weighted by atomic mass is 32.1. The molecular formula is C22H23N3O3S.